The van der Waals surface area contributed by atoms with Gasteiger partial charge in [0.15, 0.2) is 12.6 Å². The molecule has 0 radical (unpaired) electrons. The number of nitrogens with one attached hydrogen (secondary N) is 3. The molecule has 19 nitrogen and oxygen atoms in total. The summed E-state index contributed by atoms with van der Waals surface area (Å²) < 4.78 is 26.5. The van der Waals surface area contributed by atoms with Gasteiger partial charge in [-0.1, -0.05) is 39.2 Å². The number of benzene rings is 1. The number of hydrogen-bond acceptors (Lipinski definition) is 11. The molecule has 0 aliphatic rings. The number of phosphoric acid groups is 1. The average Bonchev–Trinajstić information content (AvgIpc) is 3.56. The van der Waals surface area contributed by atoms with Gasteiger partial charge in [0.05, 0.1) is 37.2 Å². The van der Waals surface area contributed by atoms with Crippen LogP contribution in [-0.2, 0) is 33.1 Å². The SMILES string of the molecule is CCCCCC(C(=O)NCNC(=O)c1ccc(-c2ccc(C(=O)NC(CC(=O)O)C(=O)O)c(OCC)c2)o1)[C@@H](CC)N(C=O)OCOP(=O)(O)O. The van der Waals surface area contributed by atoms with Crippen molar-refractivity contribution in [2.75, 3.05) is 20.1 Å². The number of amides is 4. The summed E-state index contributed by atoms with van der Waals surface area (Å²) in [6.07, 6.45) is 2.30. The third-order valence-electron chi connectivity index (χ3n) is 7.33. The van der Waals surface area contributed by atoms with E-state index >= 15 is 0 Å². The van der Waals surface area contributed by atoms with Gasteiger partial charge in [0.25, 0.3) is 11.8 Å². The molecule has 282 valence electrons. The van der Waals surface area contributed by atoms with E-state index in [2.05, 4.69) is 20.5 Å². The van der Waals surface area contributed by atoms with Gasteiger partial charge in [-0.15, -0.1) is 0 Å². The van der Waals surface area contributed by atoms with Gasteiger partial charge < -0.3 is 45.1 Å². The Labute approximate surface area is 292 Å². The van der Waals surface area contributed by atoms with Gasteiger partial charge in [-0.2, -0.15) is 0 Å². The van der Waals surface area contributed by atoms with E-state index in [4.69, 9.17) is 28.9 Å². The van der Waals surface area contributed by atoms with Gasteiger partial charge in [0, 0.05) is 5.56 Å². The van der Waals surface area contributed by atoms with Crippen LogP contribution in [0, 0.1) is 5.92 Å². The highest BCUT2D eigenvalue weighted by atomic mass is 31.2. The van der Waals surface area contributed by atoms with Gasteiger partial charge in [-0.25, -0.2) is 19.3 Å². The molecule has 7 N–H and O–H groups in total. The Hall–Kier alpha value is -4.81. The topological polar surface area (TPSA) is 281 Å². The van der Waals surface area contributed by atoms with Crippen LogP contribution in [0.2, 0.25) is 0 Å². The Morgan fingerprint density at radius 2 is 1.73 bits per heavy atom. The van der Waals surface area contributed by atoms with E-state index in [0.29, 0.717) is 18.4 Å². The standard InChI is InChI=1S/C31H43N4O15P/c1-4-7-8-9-20(23(5-2)35(17-36)48-18-49-51(44,45)46)28(39)32-16-33-30(41)25-13-12-24(50-25)19-10-11-21(26(14-19)47-6-3)29(40)34-22(31(42)43)15-27(37)38/h10-14,17,20,22-23H,4-9,15-16,18H2,1-3H3,(H,32,39)(H,33,41)(H,34,40)(H,37,38)(H,42,43)(H2,44,45,46)/t20?,22?,23-/m1/s1. The number of hydrogen-bond donors (Lipinski definition) is 7. The first-order chi connectivity index (χ1) is 24.1. The molecule has 1 aromatic heterocycles. The number of carboxylic acid groups (broad SMARTS) is 2. The molecule has 0 fully saturated rings. The number of unbranched alkanes of at least 4 members (excludes halogenated alkanes) is 2. The second-order valence-corrected chi connectivity index (χ2v) is 12.1. The molecule has 1 aromatic carbocycles. The quantitative estimate of drug-likeness (QED) is 0.0267. The number of carbonyl (C=O) groups excluding carboxylic acids is 4. The smallest absolute Gasteiger partial charge is 0.471 e. The van der Waals surface area contributed by atoms with Crippen LogP contribution in [0.25, 0.3) is 11.3 Å². The van der Waals surface area contributed by atoms with Crippen LogP contribution in [0.15, 0.2) is 34.7 Å². The Balaban J connectivity index is 2.13. The maximum Gasteiger partial charge on any atom is 0.471 e. The van der Waals surface area contributed by atoms with Crippen LogP contribution in [-0.4, -0.2) is 93.3 Å². The van der Waals surface area contributed by atoms with Crippen LogP contribution >= 0.6 is 7.82 Å². The number of carbonyl (C=O) groups is 6. The lowest BCUT2D eigenvalue weighted by Gasteiger charge is -2.32. The van der Waals surface area contributed by atoms with Gasteiger partial charge in [0.2, 0.25) is 12.3 Å². The fourth-order valence-electron chi connectivity index (χ4n) is 4.91. The molecule has 3 atom stereocenters. The van der Waals surface area contributed by atoms with Gasteiger partial charge in [0.1, 0.15) is 17.6 Å². The number of phosphoric ester groups is 1. The molecule has 0 spiro atoms. The van der Waals surface area contributed by atoms with Crippen molar-refractivity contribution in [1.29, 1.82) is 0 Å². The summed E-state index contributed by atoms with van der Waals surface area (Å²) in [6.45, 7) is 4.19. The lowest BCUT2D eigenvalue weighted by atomic mass is 9.90. The molecule has 0 saturated carbocycles. The van der Waals surface area contributed by atoms with E-state index in [9.17, 15) is 38.4 Å². The van der Waals surface area contributed by atoms with Crippen LogP contribution in [0.1, 0.15) is 80.2 Å². The van der Waals surface area contributed by atoms with E-state index in [1.165, 1.54) is 30.3 Å². The zero-order valence-corrected chi connectivity index (χ0v) is 29.1. The van der Waals surface area contributed by atoms with Crippen molar-refractivity contribution in [2.45, 2.75) is 71.4 Å². The van der Waals surface area contributed by atoms with E-state index in [-0.39, 0.29) is 48.9 Å². The maximum absolute atomic E-state index is 13.3. The maximum atomic E-state index is 13.3. The second kappa shape index (κ2) is 20.8. The van der Waals surface area contributed by atoms with Crippen molar-refractivity contribution in [3.8, 4) is 17.1 Å². The molecule has 20 heteroatoms. The zero-order valence-electron chi connectivity index (χ0n) is 28.2. The monoisotopic (exact) mass is 742 g/mol. The first-order valence-electron chi connectivity index (χ1n) is 15.9. The van der Waals surface area contributed by atoms with Crippen molar-refractivity contribution < 1.29 is 71.8 Å². The highest BCUT2D eigenvalue weighted by Crippen LogP contribution is 2.35. The molecule has 2 rings (SSSR count). The summed E-state index contributed by atoms with van der Waals surface area (Å²) in [7, 11) is -4.87. The predicted octanol–water partition coefficient (Wildman–Crippen LogP) is 2.24. The molecule has 51 heavy (non-hydrogen) atoms. The number of rotatable bonds is 24. The summed E-state index contributed by atoms with van der Waals surface area (Å²) in [5, 5.41) is 26.3. The van der Waals surface area contributed by atoms with Crippen LogP contribution < -0.4 is 20.7 Å². The van der Waals surface area contributed by atoms with Gasteiger partial charge in [-0.05, 0) is 44.0 Å². The number of ether oxygens (including phenoxy) is 1. The minimum atomic E-state index is -4.87. The molecule has 0 aliphatic heterocycles. The summed E-state index contributed by atoms with van der Waals surface area (Å²) >= 11 is 0. The Bertz CT molecular complexity index is 1560. The lowest BCUT2D eigenvalue weighted by Crippen LogP contribution is -2.48. The van der Waals surface area contributed by atoms with Crippen LogP contribution in [0.5, 0.6) is 5.75 Å². The first kappa shape index (κ1) is 42.4. The summed E-state index contributed by atoms with van der Waals surface area (Å²) in [5.74, 6) is -5.73. The molecule has 2 unspecified atom stereocenters. The second-order valence-electron chi connectivity index (χ2n) is 10.9. The Kier molecular flexibility index (Phi) is 17.2. The molecular formula is C31H43N4O15P. The summed E-state index contributed by atoms with van der Waals surface area (Å²) in [5.41, 5.74) is 0.324. The fourth-order valence-corrected chi connectivity index (χ4v) is 5.09. The van der Waals surface area contributed by atoms with Crippen molar-refractivity contribution in [1.82, 2.24) is 21.0 Å². The number of hydroxylamine groups is 2. The summed E-state index contributed by atoms with van der Waals surface area (Å²) in [4.78, 5) is 96.0. The number of nitrogens with zero attached hydrogens (tertiary/aromatic N) is 1. The molecular weight excluding hydrogens is 699 g/mol. The third kappa shape index (κ3) is 13.8. The van der Waals surface area contributed by atoms with E-state index in [0.717, 1.165) is 17.9 Å². The fraction of sp³-hybridized carbons (Fsp3) is 0.484. The van der Waals surface area contributed by atoms with E-state index in [1.807, 2.05) is 6.92 Å². The van der Waals surface area contributed by atoms with E-state index < -0.39 is 68.7 Å². The third-order valence-corrected chi connectivity index (χ3v) is 7.77. The molecule has 0 bridgehead atoms. The molecule has 0 aliphatic carbocycles. The van der Waals surface area contributed by atoms with Gasteiger partial charge in [-0.3, -0.25) is 28.5 Å². The number of carboxylic acids is 2. The highest BCUT2D eigenvalue weighted by Gasteiger charge is 2.32. The van der Waals surface area contributed by atoms with Crippen LogP contribution in [0.4, 0.5) is 0 Å². The van der Waals surface area contributed by atoms with Crippen molar-refractivity contribution in [3.05, 3.63) is 41.7 Å². The first-order valence-corrected chi connectivity index (χ1v) is 17.4. The lowest BCUT2D eigenvalue weighted by molar-refractivity contribution is -0.221. The molecule has 1 heterocycles. The number of furan rings is 1. The normalized spacial score (nSPS) is 13.0. The molecule has 2 aromatic rings. The largest absolute Gasteiger partial charge is 0.493 e. The van der Waals surface area contributed by atoms with E-state index in [1.54, 1.807) is 13.8 Å². The Morgan fingerprint density at radius 3 is 2.31 bits per heavy atom. The average molecular weight is 743 g/mol. The Morgan fingerprint density at radius 1 is 1.00 bits per heavy atom. The minimum absolute atomic E-state index is 0.0452. The van der Waals surface area contributed by atoms with Crippen LogP contribution in [0.3, 0.4) is 0 Å². The molecule has 0 saturated heterocycles. The molecule has 4 amide bonds. The van der Waals surface area contributed by atoms with Crippen molar-refractivity contribution in [2.24, 2.45) is 5.92 Å². The van der Waals surface area contributed by atoms with Gasteiger partial charge >= 0.3 is 19.8 Å². The highest BCUT2D eigenvalue weighted by molar-refractivity contribution is 7.46. The van der Waals surface area contributed by atoms with Crippen molar-refractivity contribution in [3.63, 3.8) is 0 Å². The minimum Gasteiger partial charge on any atom is -0.493 e. The number of aliphatic carboxylic acids is 2. The zero-order chi connectivity index (χ0) is 38.1. The summed E-state index contributed by atoms with van der Waals surface area (Å²) in [6, 6.07) is 4.56. The predicted molar refractivity (Wildman–Crippen MR) is 176 cm³/mol. The van der Waals surface area contributed by atoms with Crippen molar-refractivity contribution >= 4 is 43.9 Å².